The molecule has 0 saturated heterocycles. The number of aromatic nitrogens is 2. The van der Waals surface area contributed by atoms with E-state index in [1.807, 2.05) is 18.9 Å². The second-order valence-corrected chi connectivity index (χ2v) is 6.90. The molecule has 0 bridgehead atoms. The fourth-order valence-electron chi connectivity index (χ4n) is 2.96. The van der Waals surface area contributed by atoms with Gasteiger partial charge in [-0.3, -0.25) is 9.59 Å². The summed E-state index contributed by atoms with van der Waals surface area (Å²) in [5.74, 6) is 1.48. The maximum atomic E-state index is 12.3. The van der Waals surface area contributed by atoms with E-state index < -0.39 is 0 Å². The molecule has 1 aliphatic heterocycles. The van der Waals surface area contributed by atoms with Crippen LogP contribution < -0.4 is 15.0 Å². The number of amides is 2. The number of likely N-dealkylation sites (N-methyl/N-ethyl adjacent to an activating group) is 1. The highest BCUT2D eigenvalue weighted by Crippen LogP contribution is 2.34. The van der Waals surface area contributed by atoms with Crippen molar-refractivity contribution in [1.82, 2.24) is 20.4 Å². The molecule has 2 heterocycles. The monoisotopic (exact) mass is 387 g/mol. The Labute approximate surface area is 163 Å². The van der Waals surface area contributed by atoms with Crippen LogP contribution in [0.5, 0.6) is 5.75 Å². The maximum Gasteiger partial charge on any atom is 0.253 e. The highest BCUT2D eigenvalue weighted by Gasteiger charge is 2.28. The fourth-order valence-corrected chi connectivity index (χ4v) is 2.96. The number of hydrogen-bond donors (Lipinski definition) is 1. The number of carbonyl (C=O) groups excluding carboxylic acids is 2. The van der Waals surface area contributed by atoms with E-state index in [2.05, 4.69) is 15.5 Å². The molecule has 150 valence electrons. The number of nitrogens with zero attached hydrogens (tertiary/aromatic N) is 4. The molecule has 9 nitrogen and oxygen atoms in total. The number of aryl methyl sites for hydroxylation is 1. The van der Waals surface area contributed by atoms with Crippen molar-refractivity contribution in [3.63, 3.8) is 0 Å². The molecule has 1 aromatic heterocycles. The molecule has 1 aliphatic rings. The van der Waals surface area contributed by atoms with Crippen LogP contribution in [-0.4, -0.2) is 60.6 Å². The van der Waals surface area contributed by atoms with Crippen LogP contribution in [0.15, 0.2) is 22.7 Å². The molecule has 0 fully saturated rings. The summed E-state index contributed by atoms with van der Waals surface area (Å²) in [4.78, 5) is 32.2. The average Bonchev–Trinajstić information content (AvgIpc) is 3.16. The molecular weight excluding hydrogens is 362 g/mol. The minimum atomic E-state index is -0.147. The Kier molecular flexibility index (Phi) is 5.81. The zero-order valence-corrected chi connectivity index (χ0v) is 16.6. The summed E-state index contributed by atoms with van der Waals surface area (Å²) in [6, 6.07) is 5.19. The van der Waals surface area contributed by atoms with Gasteiger partial charge < -0.3 is 24.4 Å². The Morgan fingerprint density at radius 1 is 1.36 bits per heavy atom. The van der Waals surface area contributed by atoms with Gasteiger partial charge in [0.1, 0.15) is 12.4 Å². The second kappa shape index (κ2) is 8.28. The Balaban J connectivity index is 1.62. The van der Waals surface area contributed by atoms with Gasteiger partial charge in [0.25, 0.3) is 5.91 Å². The van der Waals surface area contributed by atoms with Crippen molar-refractivity contribution >= 4 is 17.5 Å². The molecule has 0 aliphatic carbocycles. The lowest BCUT2D eigenvalue weighted by Gasteiger charge is -2.35. The minimum absolute atomic E-state index is 0.0814. The Hall–Kier alpha value is -3.10. The number of benzene rings is 1. The molecule has 1 N–H and O–H groups in total. The summed E-state index contributed by atoms with van der Waals surface area (Å²) < 4.78 is 10.9. The average molecular weight is 387 g/mol. The van der Waals surface area contributed by atoms with Crippen molar-refractivity contribution in [3.05, 3.63) is 35.5 Å². The van der Waals surface area contributed by atoms with E-state index in [0.29, 0.717) is 36.1 Å². The van der Waals surface area contributed by atoms with Crippen molar-refractivity contribution in [2.45, 2.75) is 32.4 Å². The van der Waals surface area contributed by atoms with E-state index in [1.54, 1.807) is 32.3 Å². The van der Waals surface area contributed by atoms with Crippen molar-refractivity contribution in [1.29, 1.82) is 0 Å². The molecule has 1 aromatic carbocycles. The normalized spacial score (nSPS) is 15.6. The highest BCUT2D eigenvalue weighted by molar-refractivity contribution is 5.95. The minimum Gasteiger partial charge on any atom is -0.489 e. The van der Waals surface area contributed by atoms with Crippen LogP contribution in [0.25, 0.3) is 0 Å². The van der Waals surface area contributed by atoms with Gasteiger partial charge in [-0.1, -0.05) is 12.1 Å². The molecule has 28 heavy (non-hydrogen) atoms. The van der Waals surface area contributed by atoms with E-state index in [9.17, 15) is 9.59 Å². The first-order valence-corrected chi connectivity index (χ1v) is 9.18. The number of hydrogen-bond acceptors (Lipinski definition) is 7. The first kappa shape index (κ1) is 19.7. The zero-order chi connectivity index (χ0) is 20.3. The zero-order valence-electron chi connectivity index (χ0n) is 16.6. The van der Waals surface area contributed by atoms with Gasteiger partial charge in [0.15, 0.2) is 5.82 Å². The molecule has 0 saturated carbocycles. The first-order chi connectivity index (χ1) is 13.4. The lowest BCUT2D eigenvalue weighted by molar-refractivity contribution is -0.121. The van der Waals surface area contributed by atoms with E-state index >= 15 is 0 Å². The summed E-state index contributed by atoms with van der Waals surface area (Å²) in [6.45, 7) is 2.51. The lowest BCUT2D eigenvalue weighted by atomic mass is 10.1. The van der Waals surface area contributed by atoms with Crippen LogP contribution in [0.2, 0.25) is 0 Å². The second-order valence-electron chi connectivity index (χ2n) is 6.90. The van der Waals surface area contributed by atoms with Gasteiger partial charge in [-0.2, -0.15) is 4.98 Å². The van der Waals surface area contributed by atoms with E-state index in [1.165, 1.54) is 4.90 Å². The van der Waals surface area contributed by atoms with Crippen molar-refractivity contribution in [3.8, 4) is 5.75 Å². The van der Waals surface area contributed by atoms with Crippen LogP contribution in [-0.2, 0) is 17.8 Å². The molecule has 1 atom stereocenters. The Morgan fingerprint density at radius 3 is 2.82 bits per heavy atom. The topological polar surface area (TPSA) is 101 Å². The van der Waals surface area contributed by atoms with Crippen LogP contribution >= 0.6 is 0 Å². The number of fused-ring (bicyclic) bond motifs is 1. The predicted octanol–water partition coefficient (Wildman–Crippen LogP) is 1.24. The largest absolute Gasteiger partial charge is 0.489 e. The molecule has 0 radical (unpaired) electrons. The summed E-state index contributed by atoms with van der Waals surface area (Å²) in [7, 11) is 5.32. The van der Waals surface area contributed by atoms with Gasteiger partial charge in [0.05, 0.1) is 24.7 Å². The van der Waals surface area contributed by atoms with Crippen LogP contribution in [0.3, 0.4) is 0 Å². The van der Waals surface area contributed by atoms with Crippen LogP contribution in [0.4, 0.5) is 5.69 Å². The third-order valence-electron chi connectivity index (χ3n) is 4.66. The van der Waals surface area contributed by atoms with Gasteiger partial charge in [-0.25, -0.2) is 0 Å². The summed E-state index contributed by atoms with van der Waals surface area (Å²) >= 11 is 0. The fraction of sp³-hybridized carbons (Fsp3) is 0.474. The third kappa shape index (κ3) is 4.24. The quantitative estimate of drug-likeness (QED) is 0.796. The first-order valence-electron chi connectivity index (χ1n) is 9.18. The number of anilines is 1. The standard InChI is InChI=1S/C19H25N5O4/c1-5-16-21-18(28-22-16)10-20-17(25)9-13-11-27-15-7-6-12(19(26)23(2)3)8-14(15)24(13)4/h6-8,13H,5,9-11H2,1-4H3,(H,20,25)/t13-/m0/s1. The number of nitrogens with one attached hydrogen (secondary N) is 1. The lowest BCUT2D eigenvalue weighted by Crippen LogP contribution is -2.43. The number of rotatable bonds is 6. The van der Waals surface area contributed by atoms with Crippen molar-refractivity contribution < 1.29 is 18.8 Å². The van der Waals surface area contributed by atoms with Crippen LogP contribution in [0, 0.1) is 0 Å². The maximum absolute atomic E-state index is 12.3. The van der Waals surface area contributed by atoms with Gasteiger partial charge in [0.2, 0.25) is 11.8 Å². The molecule has 2 aromatic rings. The van der Waals surface area contributed by atoms with Gasteiger partial charge in [0, 0.05) is 33.1 Å². The molecule has 3 rings (SSSR count). The summed E-state index contributed by atoms with van der Waals surface area (Å²) in [5.41, 5.74) is 1.37. The smallest absolute Gasteiger partial charge is 0.253 e. The SMILES string of the molecule is CCc1noc(CNC(=O)C[C@H]2COc3ccc(C(=O)N(C)C)cc3N2C)n1. The van der Waals surface area contributed by atoms with Crippen molar-refractivity contribution in [2.75, 3.05) is 32.6 Å². The van der Waals surface area contributed by atoms with E-state index in [0.717, 1.165) is 5.69 Å². The predicted molar refractivity (Wildman–Crippen MR) is 102 cm³/mol. The van der Waals surface area contributed by atoms with Crippen molar-refractivity contribution in [2.24, 2.45) is 0 Å². The molecule has 9 heteroatoms. The molecule has 2 amide bonds. The van der Waals surface area contributed by atoms with Gasteiger partial charge in [-0.15, -0.1) is 0 Å². The number of ether oxygens (including phenoxy) is 1. The van der Waals surface area contributed by atoms with E-state index in [4.69, 9.17) is 9.26 Å². The summed E-state index contributed by atoms with van der Waals surface area (Å²) in [5, 5.41) is 6.60. The molecule has 0 spiro atoms. The number of carbonyl (C=O) groups is 2. The third-order valence-corrected chi connectivity index (χ3v) is 4.66. The molecular formula is C19H25N5O4. The molecule has 0 unspecified atom stereocenters. The Bertz CT molecular complexity index is 864. The Morgan fingerprint density at radius 2 is 2.14 bits per heavy atom. The van der Waals surface area contributed by atoms with Gasteiger partial charge >= 0.3 is 0 Å². The van der Waals surface area contributed by atoms with E-state index in [-0.39, 0.29) is 30.8 Å². The highest BCUT2D eigenvalue weighted by atomic mass is 16.5. The van der Waals surface area contributed by atoms with Crippen LogP contribution in [0.1, 0.15) is 35.4 Å². The van der Waals surface area contributed by atoms with Gasteiger partial charge in [-0.05, 0) is 18.2 Å². The summed E-state index contributed by atoms with van der Waals surface area (Å²) in [6.07, 6.45) is 0.927.